The molecule has 1 aromatic carbocycles. The Morgan fingerprint density at radius 3 is 2.72 bits per heavy atom. The van der Waals surface area contributed by atoms with E-state index < -0.39 is 0 Å². The monoisotopic (exact) mass is 345 g/mol. The average Bonchev–Trinajstić information content (AvgIpc) is 2.74. The van der Waals surface area contributed by atoms with Crippen LogP contribution in [-0.2, 0) is 13.2 Å². The lowest BCUT2D eigenvalue weighted by Crippen LogP contribution is -2.16. The molecule has 2 rings (SSSR count). The predicted molar refractivity (Wildman–Crippen MR) is 81.5 cm³/mol. The van der Waals surface area contributed by atoms with Gasteiger partial charge in [0, 0.05) is 21.8 Å². The molecular formula is C13H13BrClNOS. The second kappa shape index (κ2) is 6.06. The predicted octanol–water partition coefficient (Wildman–Crippen LogP) is 4.29. The van der Waals surface area contributed by atoms with Crippen molar-refractivity contribution < 1.29 is 5.11 Å². The number of hydrogen-bond acceptors (Lipinski definition) is 3. The Bertz CT molecular complexity index is 544. The molecule has 0 saturated carbocycles. The van der Waals surface area contributed by atoms with E-state index in [2.05, 4.69) is 32.3 Å². The van der Waals surface area contributed by atoms with Crippen LogP contribution in [0.4, 0.5) is 5.69 Å². The number of hydrogen-bond donors (Lipinski definition) is 1. The highest BCUT2D eigenvalue weighted by Gasteiger charge is 2.08. The molecule has 1 aromatic heterocycles. The van der Waals surface area contributed by atoms with Crippen molar-refractivity contribution in [2.45, 2.75) is 13.2 Å². The number of anilines is 1. The van der Waals surface area contributed by atoms with Crippen LogP contribution in [0.1, 0.15) is 10.4 Å². The van der Waals surface area contributed by atoms with Crippen LogP contribution >= 0.6 is 38.9 Å². The zero-order valence-corrected chi connectivity index (χ0v) is 13.0. The molecule has 0 amide bonds. The molecule has 0 fully saturated rings. The van der Waals surface area contributed by atoms with E-state index in [4.69, 9.17) is 16.7 Å². The van der Waals surface area contributed by atoms with Gasteiger partial charge in [-0.05, 0) is 39.7 Å². The van der Waals surface area contributed by atoms with Gasteiger partial charge in [0.2, 0.25) is 0 Å². The molecule has 5 heteroatoms. The summed E-state index contributed by atoms with van der Waals surface area (Å²) in [4.78, 5) is 3.37. The maximum Gasteiger partial charge on any atom is 0.0682 e. The molecule has 96 valence electrons. The molecular weight excluding hydrogens is 334 g/mol. The molecule has 0 radical (unpaired) electrons. The minimum Gasteiger partial charge on any atom is -0.392 e. The van der Waals surface area contributed by atoms with Gasteiger partial charge in [0.1, 0.15) is 0 Å². The summed E-state index contributed by atoms with van der Waals surface area (Å²) in [5, 5.41) is 11.8. The van der Waals surface area contributed by atoms with Gasteiger partial charge in [-0.1, -0.05) is 17.7 Å². The van der Waals surface area contributed by atoms with E-state index in [1.807, 2.05) is 19.2 Å². The Balaban J connectivity index is 2.15. The summed E-state index contributed by atoms with van der Waals surface area (Å²) < 4.78 is 1.11. The van der Waals surface area contributed by atoms with Crippen LogP contribution in [-0.4, -0.2) is 12.2 Å². The second-order valence-corrected chi connectivity index (χ2v) is 6.35. The Kier molecular flexibility index (Phi) is 4.67. The number of nitrogens with zero attached hydrogens (tertiary/aromatic N) is 1. The summed E-state index contributed by atoms with van der Waals surface area (Å²) in [7, 11) is 2.01. The first-order valence-electron chi connectivity index (χ1n) is 5.43. The lowest BCUT2D eigenvalue weighted by molar-refractivity contribution is 0.282. The van der Waals surface area contributed by atoms with Crippen LogP contribution in [0.3, 0.4) is 0 Å². The van der Waals surface area contributed by atoms with Crippen molar-refractivity contribution in [3.05, 3.63) is 49.6 Å². The number of rotatable bonds is 4. The summed E-state index contributed by atoms with van der Waals surface area (Å²) >= 11 is 11.4. The number of halogens is 2. The van der Waals surface area contributed by atoms with E-state index in [1.54, 1.807) is 17.4 Å². The Hall–Kier alpha value is -0.550. The summed E-state index contributed by atoms with van der Waals surface area (Å²) in [6.45, 7) is 0.829. The summed E-state index contributed by atoms with van der Waals surface area (Å²) in [6.07, 6.45) is 0. The van der Waals surface area contributed by atoms with Gasteiger partial charge in [0.05, 0.1) is 23.9 Å². The molecule has 0 aliphatic rings. The third-order valence-corrected chi connectivity index (χ3v) is 4.61. The fourth-order valence-electron chi connectivity index (χ4n) is 1.71. The third kappa shape index (κ3) is 3.26. The molecule has 0 saturated heterocycles. The summed E-state index contributed by atoms with van der Waals surface area (Å²) in [6, 6.07) is 7.74. The average molecular weight is 347 g/mol. The van der Waals surface area contributed by atoms with Crippen LogP contribution in [0.2, 0.25) is 5.02 Å². The topological polar surface area (TPSA) is 23.5 Å². The van der Waals surface area contributed by atoms with Crippen molar-refractivity contribution in [1.29, 1.82) is 0 Å². The maximum atomic E-state index is 9.05. The maximum absolute atomic E-state index is 9.05. The van der Waals surface area contributed by atoms with Crippen LogP contribution in [0.25, 0.3) is 0 Å². The molecule has 0 atom stereocenters. The Morgan fingerprint density at radius 2 is 2.17 bits per heavy atom. The molecule has 0 aliphatic heterocycles. The largest absolute Gasteiger partial charge is 0.392 e. The SMILES string of the molecule is CN(Cc1cc(Br)cs1)c1ccc(CO)cc1Cl. The summed E-state index contributed by atoms with van der Waals surface area (Å²) in [5.74, 6) is 0. The zero-order chi connectivity index (χ0) is 13.1. The van der Waals surface area contributed by atoms with Crippen molar-refractivity contribution >= 4 is 44.6 Å². The van der Waals surface area contributed by atoms with E-state index in [-0.39, 0.29) is 6.61 Å². The van der Waals surface area contributed by atoms with E-state index in [1.165, 1.54) is 4.88 Å². The molecule has 0 aliphatic carbocycles. The van der Waals surface area contributed by atoms with E-state index in [0.29, 0.717) is 5.02 Å². The second-order valence-electron chi connectivity index (χ2n) is 4.03. The number of aliphatic hydroxyl groups excluding tert-OH is 1. The molecule has 1 heterocycles. The molecule has 18 heavy (non-hydrogen) atoms. The third-order valence-electron chi connectivity index (χ3n) is 2.62. The van der Waals surface area contributed by atoms with Crippen LogP contribution < -0.4 is 4.90 Å². The molecule has 2 aromatic rings. The lowest BCUT2D eigenvalue weighted by atomic mass is 10.2. The van der Waals surface area contributed by atoms with Crippen molar-refractivity contribution in [3.63, 3.8) is 0 Å². The lowest BCUT2D eigenvalue weighted by Gasteiger charge is -2.20. The van der Waals surface area contributed by atoms with Gasteiger partial charge in [-0.25, -0.2) is 0 Å². The summed E-state index contributed by atoms with van der Waals surface area (Å²) in [5.41, 5.74) is 1.80. The number of thiophene rings is 1. The Labute approximate surface area is 124 Å². The van der Waals surface area contributed by atoms with Gasteiger partial charge >= 0.3 is 0 Å². The van der Waals surface area contributed by atoms with Crippen molar-refractivity contribution in [2.75, 3.05) is 11.9 Å². The van der Waals surface area contributed by atoms with E-state index in [9.17, 15) is 0 Å². The highest BCUT2D eigenvalue weighted by atomic mass is 79.9. The van der Waals surface area contributed by atoms with Gasteiger partial charge in [-0.15, -0.1) is 11.3 Å². The van der Waals surface area contributed by atoms with Crippen LogP contribution in [0.15, 0.2) is 34.1 Å². The fraction of sp³-hybridized carbons (Fsp3) is 0.231. The highest BCUT2D eigenvalue weighted by Crippen LogP contribution is 2.29. The molecule has 2 nitrogen and oxygen atoms in total. The zero-order valence-electron chi connectivity index (χ0n) is 9.86. The minimum atomic E-state index is 0.0155. The number of aliphatic hydroxyl groups is 1. The van der Waals surface area contributed by atoms with Crippen LogP contribution in [0.5, 0.6) is 0 Å². The van der Waals surface area contributed by atoms with Gasteiger partial charge in [0.25, 0.3) is 0 Å². The smallest absolute Gasteiger partial charge is 0.0682 e. The fourth-order valence-corrected chi connectivity index (χ4v) is 3.56. The highest BCUT2D eigenvalue weighted by molar-refractivity contribution is 9.10. The van der Waals surface area contributed by atoms with Gasteiger partial charge in [0.15, 0.2) is 0 Å². The van der Waals surface area contributed by atoms with Crippen molar-refractivity contribution in [2.24, 2.45) is 0 Å². The van der Waals surface area contributed by atoms with Gasteiger partial charge in [-0.2, -0.15) is 0 Å². The van der Waals surface area contributed by atoms with Gasteiger partial charge in [-0.3, -0.25) is 0 Å². The van der Waals surface area contributed by atoms with E-state index >= 15 is 0 Å². The number of benzene rings is 1. The Morgan fingerprint density at radius 1 is 1.39 bits per heavy atom. The molecule has 1 N–H and O–H groups in total. The van der Waals surface area contributed by atoms with E-state index in [0.717, 1.165) is 22.3 Å². The minimum absolute atomic E-state index is 0.0155. The quantitative estimate of drug-likeness (QED) is 0.892. The first-order valence-corrected chi connectivity index (χ1v) is 7.48. The first kappa shape index (κ1) is 13.9. The molecule has 0 bridgehead atoms. The molecule has 0 unspecified atom stereocenters. The van der Waals surface area contributed by atoms with Crippen molar-refractivity contribution in [3.8, 4) is 0 Å². The van der Waals surface area contributed by atoms with Gasteiger partial charge < -0.3 is 10.0 Å². The normalized spacial score (nSPS) is 10.7. The van der Waals surface area contributed by atoms with Crippen LogP contribution in [0, 0.1) is 0 Å². The molecule has 0 spiro atoms. The van der Waals surface area contributed by atoms with Crippen molar-refractivity contribution in [1.82, 2.24) is 0 Å². The first-order chi connectivity index (χ1) is 8.60. The standard InChI is InChI=1S/C13H13BrClNOS/c1-16(6-11-5-10(14)8-18-11)13-3-2-9(7-17)4-12(13)15/h2-5,8,17H,6-7H2,1H3.